The second kappa shape index (κ2) is 7.68. The molecule has 2 atom stereocenters. The lowest BCUT2D eigenvalue weighted by Gasteiger charge is -2.20. The third-order valence-corrected chi connectivity index (χ3v) is 5.81. The Kier molecular flexibility index (Phi) is 5.87. The zero-order chi connectivity index (χ0) is 16.9. The van der Waals surface area contributed by atoms with Crippen LogP contribution >= 0.6 is 0 Å². The molecule has 2 rings (SSSR count). The first-order valence-electron chi connectivity index (χ1n) is 7.75. The van der Waals surface area contributed by atoms with Crippen LogP contribution in [0.1, 0.15) is 24.8 Å². The number of ether oxygens (including phenoxy) is 1. The summed E-state index contributed by atoms with van der Waals surface area (Å²) in [4.78, 5) is 4.18. The summed E-state index contributed by atoms with van der Waals surface area (Å²) in [7, 11) is 0.459. The van der Waals surface area contributed by atoms with E-state index in [9.17, 15) is 8.42 Å². The predicted molar refractivity (Wildman–Crippen MR) is 93.0 cm³/mol. The second-order valence-electron chi connectivity index (χ2n) is 5.84. The smallest absolute Gasteiger partial charge is 0.191 e. The maximum atomic E-state index is 11.5. The molecule has 0 bridgehead atoms. The third-order valence-electron chi connectivity index (χ3n) is 4.04. The van der Waals surface area contributed by atoms with Crippen LogP contribution in [0.4, 0.5) is 0 Å². The molecule has 1 fully saturated rings. The number of methoxy groups -OCH3 is 1. The lowest BCUT2D eigenvalue weighted by molar-refractivity contribution is 0.406. The van der Waals surface area contributed by atoms with Crippen molar-refractivity contribution in [3.63, 3.8) is 0 Å². The number of rotatable bonds is 5. The quantitative estimate of drug-likeness (QED) is 0.621. The second-order valence-corrected chi connectivity index (χ2v) is 8.07. The topological polar surface area (TPSA) is 79.8 Å². The van der Waals surface area contributed by atoms with Crippen LogP contribution in [-0.2, 0) is 9.84 Å². The van der Waals surface area contributed by atoms with E-state index in [2.05, 4.69) is 22.5 Å². The minimum absolute atomic E-state index is 0.0623. The van der Waals surface area contributed by atoms with Gasteiger partial charge in [0.15, 0.2) is 15.8 Å². The van der Waals surface area contributed by atoms with E-state index >= 15 is 0 Å². The van der Waals surface area contributed by atoms with Crippen molar-refractivity contribution in [1.29, 1.82) is 0 Å². The molecule has 0 saturated carbocycles. The summed E-state index contributed by atoms with van der Waals surface area (Å²) in [5.41, 5.74) is 1.13. The molecule has 1 aromatic carbocycles. The Morgan fingerprint density at radius 2 is 2.17 bits per heavy atom. The summed E-state index contributed by atoms with van der Waals surface area (Å²) in [6, 6.07) is 7.87. The minimum Gasteiger partial charge on any atom is -0.496 e. The summed E-state index contributed by atoms with van der Waals surface area (Å²) in [5.74, 6) is 2.16. The Bertz CT molecular complexity index is 658. The average molecular weight is 339 g/mol. The first-order chi connectivity index (χ1) is 10.9. The number of benzene rings is 1. The van der Waals surface area contributed by atoms with E-state index in [1.165, 1.54) is 0 Å². The van der Waals surface area contributed by atoms with E-state index in [0.29, 0.717) is 18.9 Å². The lowest BCUT2D eigenvalue weighted by Crippen LogP contribution is -2.45. The first-order valence-corrected chi connectivity index (χ1v) is 9.58. The molecule has 23 heavy (non-hydrogen) atoms. The number of hydrogen-bond donors (Lipinski definition) is 2. The normalized spacial score (nSPS) is 21.7. The monoisotopic (exact) mass is 339 g/mol. The summed E-state index contributed by atoms with van der Waals surface area (Å²) < 4.78 is 28.4. The molecule has 1 aliphatic rings. The Balaban J connectivity index is 1.90. The molecule has 0 spiro atoms. The maximum absolute atomic E-state index is 11.5. The van der Waals surface area contributed by atoms with Crippen LogP contribution in [-0.4, -0.2) is 52.6 Å². The van der Waals surface area contributed by atoms with Crippen LogP contribution in [0.15, 0.2) is 29.3 Å². The number of sulfone groups is 1. The molecule has 128 valence electrons. The number of aliphatic imine (C=N–C) groups is 1. The van der Waals surface area contributed by atoms with Gasteiger partial charge < -0.3 is 15.4 Å². The Morgan fingerprint density at radius 1 is 1.43 bits per heavy atom. The van der Waals surface area contributed by atoms with E-state index in [0.717, 1.165) is 11.3 Å². The van der Waals surface area contributed by atoms with Crippen molar-refractivity contribution < 1.29 is 13.2 Å². The molecule has 6 nitrogen and oxygen atoms in total. The van der Waals surface area contributed by atoms with Crippen LogP contribution in [0.25, 0.3) is 0 Å². The molecule has 2 N–H and O–H groups in total. The van der Waals surface area contributed by atoms with Crippen LogP contribution in [0.5, 0.6) is 5.75 Å². The van der Waals surface area contributed by atoms with E-state index in [4.69, 9.17) is 4.74 Å². The van der Waals surface area contributed by atoms with Gasteiger partial charge in [0.05, 0.1) is 18.6 Å². The molecular weight excluding hydrogens is 314 g/mol. The van der Waals surface area contributed by atoms with Gasteiger partial charge in [0.1, 0.15) is 5.75 Å². The molecule has 0 aliphatic carbocycles. The van der Waals surface area contributed by atoms with Crippen LogP contribution in [0.3, 0.4) is 0 Å². The van der Waals surface area contributed by atoms with Gasteiger partial charge in [0.25, 0.3) is 0 Å². The summed E-state index contributed by atoms with van der Waals surface area (Å²) >= 11 is 0. The van der Waals surface area contributed by atoms with Gasteiger partial charge in [0.2, 0.25) is 0 Å². The highest BCUT2D eigenvalue weighted by atomic mass is 32.2. The zero-order valence-corrected chi connectivity index (χ0v) is 14.7. The Hall–Kier alpha value is -1.76. The number of nitrogens with one attached hydrogen (secondary N) is 2. The van der Waals surface area contributed by atoms with E-state index in [1.807, 2.05) is 24.3 Å². The molecule has 2 unspecified atom stereocenters. The van der Waals surface area contributed by atoms with E-state index < -0.39 is 9.84 Å². The SMILES string of the molecule is CN=C(NCC(C)c1ccccc1OC)NC1CCS(=O)(=O)C1. The van der Waals surface area contributed by atoms with E-state index in [-0.39, 0.29) is 23.5 Å². The fourth-order valence-electron chi connectivity index (χ4n) is 2.73. The molecule has 7 heteroatoms. The zero-order valence-electron chi connectivity index (χ0n) is 13.9. The highest BCUT2D eigenvalue weighted by Crippen LogP contribution is 2.25. The number of nitrogens with zero attached hydrogens (tertiary/aromatic N) is 1. The standard InChI is InChI=1S/C16H25N3O3S/c1-12(14-6-4-5-7-15(14)22-3)10-18-16(17-2)19-13-8-9-23(20,21)11-13/h4-7,12-13H,8-11H2,1-3H3,(H2,17,18,19). The van der Waals surface area contributed by atoms with Crippen LogP contribution in [0.2, 0.25) is 0 Å². The Labute approximate surface area is 138 Å². The molecule has 1 aliphatic heterocycles. The highest BCUT2D eigenvalue weighted by molar-refractivity contribution is 7.91. The number of para-hydroxylation sites is 1. The van der Waals surface area contributed by atoms with Crippen molar-refractivity contribution >= 4 is 15.8 Å². The molecule has 1 heterocycles. The molecule has 0 radical (unpaired) electrons. The number of hydrogen-bond acceptors (Lipinski definition) is 4. The lowest BCUT2D eigenvalue weighted by atomic mass is 10.0. The van der Waals surface area contributed by atoms with Crippen molar-refractivity contribution in [1.82, 2.24) is 10.6 Å². The number of guanidine groups is 1. The maximum Gasteiger partial charge on any atom is 0.191 e. The van der Waals surface area contributed by atoms with Gasteiger partial charge in [-0.1, -0.05) is 25.1 Å². The van der Waals surface area contributed by atoms with Crippen molar-refractivity contribution in [2.75, 3.05) is 32.2 Å². The van der Waals surface area contributed by atoms with Gasteiger partial charge in [-0.3, -0.25) is 4.99 Å². The van der Waals surface area contributed by atoms with Gasteiger partial charge in [-0.15, -0.1) is 0 Å². The molecule has 1 aromatic rings. The summed E-state index contributed by atoms with van der Waals surface area (Å²) in [6.07, 6.45) is 0.630. The highest BCUT2D eigenvalue weighted by Gasteiger charge is 2.28. The van der Waals surface area contributed by atoms with Crippen LogP contribution < -0.4 is 15.4 Å². The average Bonchev–Trinajstić information content (AvgIpc) is 2.89. The van der Waals surface area contributed by atoms with Gasteiger partial charge in [-0.2, -0.15) is 0 Å². The van der Waals surface area contributed by atoms with Gasteiger partial charge in [0, 0.05) is 25.6 Å². The van der Waals surface area contributed by atoms with Crippen molar-refractivity contribution in [2.45, 2.75) is 25.3 Å². The minimum atomic E-state index is -2.89. The fourth-order valence-corrected chi connectivity index (χ4v) is 4.40. The fraction of sp³-hybridized carbons (Fsp3) is 0.562. The Morgan fingerprint density at radius 3 is 2.78 bits per heavy atom. The van der Waals surface area contributed by atoms with Gasteiger partial charge in [-0.05, 0) is 18.1 Å². The largest absolute Gasteiger partial charge is 0.496 e. The molecule has 0 amide bonds. The summed E-state index contributed by atoms with van der Waals surface area (Å²) in [5, 5.41) is 6.45. The predicted octanol–water partition coefficient (Wildman–Crippen LogP) is 1.15. The van der Waals surface area contributed by atoms with Gasteiger partial charge >= 0.3 is 0 Å². The molecule has 0 aromatic heterocycles. The van der Waals surface area contributed by atoms with Crippen molar-refractivity contribution in [2.24, 2.45) is 4.99 Å². The molecular formula is C16H25N3O3S. The first kappa shape index (κ1) is 17.6. The summed E-state index contributed by atoms with van der Waals surface area (Å²) in [6.45, 7) is 2.79. The van der Waals surface area contributed by atoms with Crippen molar-refractivity contribution in [3.05, 3.63) is 29.8 Å². The van der Waals surface area contributed by atoms with Gasteiger partial charge in [-0.25, -0.2) is 8.42 Å². The van der Waals surface area contributed by atoms with Crippen LogP contribution in [0, 0.1) is 0 Å². The van der Waals surface area contributed by atoms with Crippen molar-refractivity contribution in [3.8, 4) is 5.75 Å². The molecule has 1 saturated heterocycles. The van der Waals surface area contributed by atoms with E-state index in [1.54, 1.807) is 14.2 Å². The third kappa shape index (κ3) is 4.86.